The standard InChI is InChI=1S/C14H13F2N3OS/c15-14(16)12(3-1-4-12)13(14)6-8(7-13)11-17-10(18-20-11)9-2-5-21-19-9/h2,5,8H,1,3-4,6-7H2. The van der Waals surface area contributed by atoms with Gasteiger partial charge in [-0.15, -0.1) is 0 Å². The second-order valence-electron chi connectivity index (χ2n) is 6.54. The molecular weight excluding hydrogens is 296 g/mol. The summed E-state index contributed by atoms with van der Waals surface area (Å²) in [5, 5.41) is 5.75. The third kappa shape index (κ3) is 1.20. The molecule has 2 aromatic heterocycles. The first-order chi connectivity index (χ1) is 10.1. The lowest BCUT2D eigenvalue weighted by Crippen LogP contribution is -2.33. The highest BCUT2D eigenvalue weighted by Gasteiger charge is 2.94. The first kappa shape index (κ1) is 12.2. The molecule has 0 N–H and O–H groups in total. The summed E-state index contributed by atoms with van der Waals surface area (Å²) < 4.78 is 37.8. The molecule has 0 aliphatic heterocycles. The molecule has 7 heteroatoms. The summed E-state index contributed by atoms with van der Waals surface area (Å²) in [5.74, 6) is -1.56. The number of hydrogen-bond donors (Lipinski definition) is 0. The SMILES string of the molecule is FC1(F)C2(CCC2)C12CC(c1nc(-c3ccsn3)no1)C2. The van der Waals surface area contributed by atoms with Gasteiger partial charge in [-0.2, -0.15) is 9.36 Å². The van der Waals surface area contributed by atoms with Gasteiger partial charge < -0.3 is 4.52 Å². The van der Waals surface area contributed by atoms with Crippen LogP contribution in [0.1, 0.15) is 43.9 Å². The lowest BCUT2D eigenvalue weighted by molar-refractivity contribution is 0.00600. The Morgan fingerprint density at radius 2 is 2.05 bits per heavy atom. The Morgan fingerprint density at radius 1 is 1.24 bits per heavy atom. The molecule has 0 unspecified atom stereocenters. The van der Waals surface area contributed by atoms with Crippen molar-refractivity contribution in [2.45, 2.75) is 43.9 Å². The summed E-state index contributed by atoms with van der Waals surface area (Å²) in [7, 11) is 0. The van der Waals surface area contributed by atoms with Crippen molar-refractivity contribution >= 4 is 11.5 Å². The van der Waals surface area contributed by atoms with Crippen LogP contribution in [0.4, 0.5) is 8.78 Å². The number of hydrogen-bond acceptors (Lipinski definition) is 5. The van der Waals surface area contributed by atoms with Crippen LogP contribution in [0.2, 0.25) is 0 Å². The fraction of sp³-hybridized carbons (Fsp3) is 0.643. The summed E-state index contributed by atoms with van der Waals surface area (Å²) in [6.07, 6.45) is 3.27. The molecule has 3 saturated carbocycles. The second kappa shape index (κ2) is 3.51. The quantitative estimate of drug-likeness (QED) is 0.845. The molecule has 3 aliphatic rings. The van der Waals surface area contributed by atoms with E-state index in [2.05, 4.69) is 14.5 Å². The minimum Gasteiger partial charge on any atom is -0.339 e. The molecule has 0 saturated heterocycles. The fourth-order valence-corrected chi connectivity index (χ4v) is 5.01. The van der Waals surface area contributed by atoms with Gasteiger partial charge >= 0.3 is 0 Å². The maximum absolute atomic E-state index is 14.2. The fourth-order valence-electron chi connectivity index (χ4n) is 4.50. The van der Waals surface area contributed by atoms with Gasteiger partial charge in [-0.1, -0.05) is 11.6 Å². The molecule has 5 rings (SSSR count). The van der Waals surface area contributed by atoms with E-state index >= 15 is 0 Å². The Labute approximate surface area is 123 Å². The van der Waals surface area contributed by atoms with Gasteiger partial charge in [-0.25, -0.2) is 8.78 Å². The number of rotatable bonds is 2. The van der Waals surface area contributed by atoms with Crippen LogP contribution in [-0.2, 0) is 0 Å². The number of alkyl halides is 2. The van der Waals surface area contributed by atoms with E-state index in [1.165, 1.54) is 11.5 Å². The van der Waals surface area contributed by atoms with Crippen LogP contribution in [-0.4, -0.2) is 20.4 Å². The van der Waals surface area contributed by atoms with Crippen molar-refractivity contribution in [3.05, 3.63) is 17.3 Å². The summed E-state index contributed by atoms with van der Waals surface area (Å²) in [4.78, 5) is 4.33. The van der Waals surface area contributed by atoms with Gasteiger partial charge in [-0.05, 0) is 43.3 Å². The Balaban J connectivity index is 1.36. The van der Waals surface area contributed by atoms with Crippen molar-refractivity contribution in [3.63, 3.8) is 0 Å². The van der Waals surface area contributed by atoms with E-state index in [1.807, 2.05) is 11.4 Å². The smallest absolute Gasteiger partial charge is 0.260 e. The molecule has 2 heterocycles. The van der Waals surface area contributed by atoms with Crippen LogP contribution >= 0.6 is 11.5 Å². The van der Waals surface area contributed by atoms with Crippen LogP contribution in [0.15, 0.2) is 16.0 Å². The molecule has 4 nitrogen and oxygen atoms in total. The minimum absolute atomic E-state index is 0.0178. The van der Waals surface area contributed by atoms with E-state index < -0.39 is 16.8 Å². The van der Waals surface area contributed by atoms with Crippen molar-refractivity contribution in [1.82, 2.24) is 14.5 Å². The Bertz CT molecular complexity index is 702. The molecular formula is C14H13F2N3OS. The van der Waals surface area contributed by atoms with Crippen LogP contribution in [0.5, 0.6) is 0 Å². The van der Waals surface area contributed by atoms with E-state index in [-0.39, 0.29) is 5.92 Å². The summed E-state index contributed by atoms with van der Waals surface area (Å²) in [6, 6.07) is 1.82. The highest BCUT2D eigenvalue weighted by molar-refractivity contribution is 7.03. The van der Waals surface area contributed by atoms with E-state index in [0.717, 1.165) is 6.42 Å². The molecule has 0 aromatic carbocycles. The van der Waals surface area contributed by atoms with E-state index in [9.17, 15) is 8.78 Å². The topological polar surface area (TPSA) is 51.8 Å². The molecule has 21 heavy (non-hydrogen) atoms. The Kier molecular flexibility index (Phi) is 2.04. The molecule has 2 aromatic rings. The average Bonchev–Trinajstić information content (AvgIpc) is 2.86. The number of halogens is 2. The molecule has 2 spiro atoms. The predicted molar refractivity (Wildman–Crippen MR) is 71.0 cm³/mol. The van der Waals surface area contributed by atoms with Crippen molar-refractivity contribution in [1.29, 1.82) is 0 Å². The lowest BCUT2D eigenvalue weighted by Gasteiger charge is -2.39. The van der Waals surface area contributed by atoms with Crippen molar-refractivity contribution < 1.29 is 13.3 Å². The Hall–Kier alpha value is -1.37. The molecule has 0 atom stereocenters. The van der Waals surface area contributed by atoms with E-state index in [1.54, 1.807) is 0 Å². The molecule has 0 radical (unpaired) electrons. The maximum atomic E-state index is 14.2. The van der Waals surface area contributed by atoms with Gasteiger partial charge in [0.1, 0.15) is 5.69 Å². The summed E-state index contributed by atoms with van der Waals surface area (Å²) in [6.45, 7) is 0. The number of fused-ring (bicyclic) bond motifs is 1. The van der Waals surface area contributed by atoms with Gasteiger partial charge in [0, 0.05) is 22.1 Å². The zero-order chi connectivity index (χ0) is 14.3. The van der Waals surface area contributed by atoms with Crippen LogP contribution in [0.25, 0.3) is 11.5 Å². The van der Waals surface area contributed by atoms with Crippen molar-refractivity contribution in [3.8, 4) is 11.5 Å². The highest BCUT2D eigenvalue weighted by Crippen LogP contribution is 2.90. The average molecular weight is 309 g/mol. The monoisotopic (exact) mass is 309 g/mol. The first-order valence-electron chi connectivity index (χ1n) is 7.22. The third-order valence-corrected chi connectivity index (χ3v) is 6.47. The summed E-state index contributed by atoms with van der Waals surface area (Å²) in [5.41, 5.74) is -0.775. The second-order valence-corrected chi connectivity index (χ2v) is 7.20. The van der Waals surface area contributed by atoms with Gasteiger partial charge in [0.15, 0.2) is 0 Å². The van der Waals surface area contributed by atoms with Crippen LogP contribution in [0.3, 0.4) is 0 Å². The third-order valence-electron chi connectivity index (χ3n) is 5.91. The van der Waals surface area contributed by atoms with E-state index in [0.29, 0.717) is 43.1 Å². The first-order valence-corrected chi connectivity index (χ1v) is 8.06. The van der Waals surface area contributed by atoms with E-state index in [4.69, 9.17) is 4.52 Å². The largest absolute Gasteiger partial charge is 0.339 e. The molecule has 3 fully saturated rings. The highest BCUT2D eigenvalue weighted by atomic mass is 32.1. The zero-order valence-electron chi connectivity index (χ0n) is 11.2. The van der Waals surface area contributed by atoms with Gasteiger partial charge in [0.25, 0.3) is 5.92 Å². The van der Waals surface area contributed by atoms with Gasteiger partial charge in [0.2, 0.25) is 11.7 Å². The van der Waals surface area contributed by atoms with Crippen LogP contribution < -0.4 is 0 Å². The Morgan fingerprint density at radius 3 is 2.62 bits per heavy atom. The van der Waals surface area contributed by atoms with Crippen molar-refractivity contribution in [2.24, 2.45) is 10.8 Å². The van der Waals surface area contributed by atoms with Crippen LogP contribution in [0, 0.1) is 10.8 Å². The normalized spacial score (nSPS) is 34.7. The number of aromatic nitrogens is 3. The molecule has 0 amide bonds. The molecule has 3 aliphatic carbocycles. The van der Waals surface area contributed by atoms with Gasteiger partial charge in [-0.3, -0.25) is 0 Å². The number of nitrogens with zero attached hydrogens (tertiary/aromatic N) is 3. The molecule has 0 bridgehead atoms. The van der Waals surface area contributed by atoms with Crippen molar-refractivity contribution in [2.75, 3.05) is 0 Å². The predicted octanol–water partition coefficient (Wildman–Crippen LogP) is 3.88. The zero-order valence-corrected chi connectivity index (χ0v) is 12.0. The summed E-state index contributed by atoms with van der Waals surface area (Å²) >= 11 is 1.32. The lowest BCUT2D eigenvalue weighted by atomic mass is 9.62. The molecule has 110 valence electrons. The van der Waals surface area contributed by atoms with Gasteiger partial charge in [0.05, 0.1) is 0 Å². The minimum atomic E-state index is -2.48. The maximum Gasteiger partial charge on any atom is 0.260 e.